The van der Waals surface area contributed by atoms with Gasteiger partial charge in [-0.25, -0.2) is 0 Å². The van der Waals surface area contributed by atoms with E-state index in [1.165, 1.54) is 23.4 Å². The van der Waals surface area contributed by atoms with Gasteiger partial charge in [0.25, 0.3) is 0 Å². The normalized spacial score (nSPS) is 14.2. The first-order valence-electron chi connectivity index (χ1n) is 6.50. The van der Waals surface area contributed by atoms with E-state index in [4.69, 9.17) is 0 Å². The van der Waals surface area contributed by atoms with E-state index in [9.17, 15) is 0 Å². The van der Waals surface area contributed by atoms with Crippen LogP contribution in [0.3, 0.4) is 0 Å². The summed E-state index contributed by atoms with van der Waals surface area (Å²) >= 11 is 0. The van der Waals surface area contributed by atoms with Gasteiger partial charge >= 0.3 is 0 Å². The Hall–Kier alpha value is -1.18. The minimum absolute atomic E-state index is 0.512. The summed E-state index contributed by atoms with van der Waals surface area (Å²) in [6.45, 7) is 8.93. The summed E-state index contributed by atoms with van der Waals surface area (Å²) in [7, 11) is 4.18. The first-order valence-corrected chi connectivity index (χ1v) is 6.50. The van der Waals surface area contributed by atoms with Crippen LogP contribution in [-0.2, 0) is 0 Å². The Kier molecular flexibility index (Phi) is 4.86. The zero-order chi connectivity index (χ0) is 13.0. The summed E-state index contributed by atoms with van der Waals surface area (Å²) in [5, 5.41) is 3.59. The van der Waals surface area contributed by atoms with Gasteiger partial charge in [-0.3, -0.25) is 0 Å². The van der Waals surface area contributed by atoms with E-state index < -0.39 is 0 Å². The molecule has 2 atom stereocenters. The zero-order valence-electron chi connectivity index (χ0n) is 12.0. The van der Waals surface area contributed by atoms with Crippen LogP contribution in [0.15, 0.2) is 18.2 Å². The van der Waals surface area contributed by atoms with Crippen LogP contribution < -0.4 is 10.2 Å². The Bertz CT molecular complexity index is 358. The maximum atomic E-state index is 3.59. The average molecular weight is 234 g/mol. The van der Waals surface area contributed by atoms with Crippen molar-refractivity contribution in [3.63, 3.8) is 0 Å². The van der Waals surface area contributed by atoms with Crippen LogP contribution in [0, 0.1) is 12.8 Å². The highest BCUT2D eigenvalue weighted by atomic mass is 15.1. The summed E-state index contributed by atoms with van der Waals surface area (Å²) in [6, 6.07) is 7.09. The standard InChI is InChI=1S/C15H26N2/c1-7-11(2)13(4)16-14-9-8-12(3)15(10-14)17(5)6/h8-11,13,16H,7H2,1-6H3. The van der Waals surface area contributed by atoms with Crippen LogP contribution >= 0.6 is 0 Å². The molecule has 0 spiro atoms. The van der Waals surface area contributed by atoms with Gasteiger partial charge in [0.15, 0.2) is 0 Å². The molecule has 0 bridgehead atoms. The van der Waals surface area contributed by atoms with Crippen molar-refractivity contribution in [3.8, 4) is 0 Å². The summed E-state index contributed by atoms with van der Waals surface area (Å²) in [6.07, 6.45) is 1.21. The first kappa shape index (κ1) is 13.9. The average Bonchev–Trinajstić information content (AvgIpc) is 2.30. The molecule has 2 nitrogen and oxygen atoms in total. The van der Waals surface area contributed by atoms with Crippen LogP contribution in [0.5, 0.6) is 0 Å². The molecule has 0 saturated carbocycles. The molecule has 2 heteroatoms. The van der Waals surface area contributed by atoms with Crippen molar-refractivity contribution >= 4 is 11.4 Å². The SMILES string of the molecule is CCC(C)C(C)Nc1ccc(C)c(N(C)C)c1. The number of anilines is 2. The Morgan fingerprint density at radius 1 is 1.24 bits per heavy atom. The fourth-order valence-corrected chi connectivity index (χ4v) is 1.94. The second-order valence-corrected chi connectivity index (χ2v) is 5.21. The fraction of sp³-hybridized carbons (Fsp3) is 0.600. The number of aryl methyl sites for hydroxylation is 1. The Labute approximate surface area is 106 Å². The molecular weight excluding hydrogens is 208 g/mol. The lowest BCUT2D eigenvalue weighted by molar-refractivity contribution is 0.494. The molecule has 0 heterocycles. The van der Waals surface area contributed by atoms with Crippen LogP contribution in [0.2, 0.25) is 0 Å². The minimum Gasteiger partial charge on any atom is -0.382 e. The van der Waals surface area contributed by atoms with Crippen LogP contribution in [0.25, 0.3) is 0 Å². The Balaban J connectivity index is 2.82. The lowest BCUT2D eigenvalue weighted by Gasteiger charge is -2.23. The van der Waals surface area contributed by atoms with Crippen molar-refractivity contribution < 1.29 is 0 Å². The molecule has 96 valence electrons. The van der Waals surface area contributed by atoms with E-state index in [1.54, 1.807) is 0 Å². The summed E-state index contributed by atoms with van der Waals surface area (Å²) < 4.78 is 0. The minimum atomic E-state index is 0.512. The van der Waals surface area contributed by atoms with Crippen molar-refractivity contribution in [2.45, 2.75) is 40.2 Å². The number of hydrogen-bond acceptors (Lipinski definition) is 2. The molecule has 0 radical (unpaired) electrons. The summed E-state index contributed by atoms with van der Waals surface area (Å²) in [5.74, 6) is 0.694. The van der Waals surface area contributed by atoms with Crippen LogP contribution in [0.4, 0.5) is 11.4 Å². The lowest BCUT2D eigenvalue weighted by atomic mass is 10.0. The predicted molar refractivity (Wildman–Crippen MR) is 78.0 cm³/mol. The predicted octanol–water partition coefficient (Wildman–Crippen LogP) is 3.91. The van der Waals surface area contributed by atoms with Crippen LogP contribution in [0.1, 0.15) is 32.8 Å². The van der Waals surface area contributed by atoms with Crippen LogP contribution in [-0.4, -0.2) is 20.1 Å². The van der Waals surface area contributed by atoms with Gasteiger partial charge in [-0.2, -0.15) is 0 Å². The maximum Gasteiger partial charge on any atom is 0.0411 e. The number of nitrogens with zero attached hydrogens (tertiary/aromatic N) is 1. The summed E-state index contributed by atoms with van der Waals surface area (Å²) in [5.41, 5.74) is 3.81. The Morgan fingerprint density at radius 2 is 1.88 bits per heavy atom. The van der Waals surface area contributed by atoms with Gasteiger partial charge in [0, 0.05) is 31.5 Å². The molecule has 17 heavy (non-hydrogen) atoms. The molecule has 1 aromatic rings. The van der Waals surface area contributed by atoms with Crippen molar-refractivity contribution in [1.29, 1.82) is 0 Å². The van der Waals surface area contributed by atoms with Crippen molar-refractivity contribution in [3.05, 3.63) is 23.8 Å². The molecule has 1 N–H and O–H groups in total. The topological polar surface area (TPSA) is 15.3 Å². The molecule has 1 rings (SSSR count). The molecule has 0 saturated heterocycles. The van der Waals surface area contributed by atoms with E-state index in [0.717, 1.165) is 0 Å². The van der Waals surface area contributed by atoms with Gasteiger partial charge in [0.05, 0.1) is 0 Å². The second-order valence-electron chi connectivity index (χ2n) is 5.21. The van der Waals surface area contributed by atoms with Crippen molar-refractivity contribution in [2.75, 3.05) is 24.3 Å². The monoisotopic (exact) mass is 234 g/mol. The molecule has 0 aliphatic rings. The van der Waals surface area contributed by atoms with Gasteiger partial charge in [0.1, 0.15) is 0 Å². The molecular formula is C15H26N2. The first-order chi connectivity index (χ1) is 7.95. The molecule has 2 unspecified atom stereocenters. The van der Waals surface area contributed by atoms with Gasteiger partial charge in [0.2, 0.25) is 0 Å². The van der Waals surface area contributed by atoms with Crippen molar-refractivity contribution in [1.82, 2.24) is 0 Å². The lowest BCUT2D eigenvalue weighted by Crippen LogP contribution is -2.23. The molecule has 0 fully saturated rings. The maximum absolute atomic E-state index is 3.59. The summed E-state index contributed by atoms with van der Waals surface area (Å²) in [4.78, 5) is 2.16. The van der Waals surface area contributed by atoms with Gasteiger partial charge in [-0.15, -0.1) is 0 Å². The second kappa shape index (κ2) is 5.95. The third kappa shape index (κ3) is 3.65. The van der Waals surface area contributed by atoms with E-state index in [-0.39, 0.29) is 0 Å². The van der Waals surface area contributed by atoms with Gasteiger partial charge < -0.3 is 10.2 Å². The zero-order valence-corrected chi connectivity index (χ0v) is 12.0. The molecule has 1 aromatic carbocycles. The largest absolute Gasteiger partial charge is 0.382 e. The highest BCUT2D eigenvalue weighted by Crippen LogP contribution is 2.24. The third-order valence-electron chi connectivity index (χ3n) is 3.58. The quantitative estimate of drug-likeness (QED) is 0.831. The highest BCUT2D eigenvalue weighted by molar-refractivity contribution is 5.62. The molecule has 0 aliphatic carbocycles. The van der Waals surface area contributed by atoms with Gasteiger partial charge in [-0.05, 0) is 37.5 Å². The molecule has 0 amide bonds. The van der Waals surface area contributed by atoms with E-state index >= 15 is 0 Å². The number of rotatable bonds is 5. The number of nitrogens with one attached hydrogen (secondary N) is 1. The number of hydrogen-bond donors (Lipinski definition) is 1. The molecule has 0 aliphatic heterocycles. The molecule has 0 aromatic heterocycles. The number of benzene rings is 1. The van der Waals surface area contributed by atoms with E-state index in [2.05, 4.69) is 70.2 Å². The third-order valence-corrected chi connectivity index (χ3v) is 3.58. The highest BCUT2D eigenvalue weighted by Gasteiger charge is 2.10. The van der Waals surface area contributed by atoms with E-state index in [0.29, 0.717) is 12.0 Å². The van der Waals surface area contributed by atoms with E-state index in [1.807, 2.05) is 0 Å². The fourth-order valence-electron chi connectivity index (χ4n) is 1.94. The van der Waals surface area contributed by atoms with Gasteiger partial charge in [-0.1, -0.05) is 26.3 Å². The Morgan fingerprint density at radius 3 is 2.41 bits per heavy atom. The van der Waals surface area contributed by atoms with Crippen molar-refractivity contribution in [2.24, 2.45) is 5.92 Å². The smallest absolute Gasteiger partial charge is 0.0411 e.